The van der Waals surface area contributed by atoms with Gasteiger partial charge in [-0.3, -0.25) is 4.99 Å². The quantitative estimate of drug-likeness (QED) is 0.694. The first kappa shape index (κ1) is 22.8. The van der Waals surface area contributed by atoms with Gasteiger partial charge in [-0.05, 0) is 60.7 Å². The van der Waals surface area contributed by atoms with Crippen LogP contribution in [0.5, 0.6) is 5.75 Å². The van der Waals surface area contributed by atoms with Gasteiger partial charge < -0.3 is 14.7 Å². The molecule has 0 saturated heterocycles. The molecule has 0 fully saturated rings. The Labute approximate surface area is 181 Å². The first-order valence-electron chi connectivity index (χ1n) is 10.2. The fraction of sp³-hybridized carbons (Fsp3) is 0.522. The lowest BCUT2D eigenvalue weighted by molar-refractivity contribution is -0.120. The summed E-state index contributed by atoms with van der Waals surface area (Å²) >= 11 is 6.32. The summed E-state index contributed by atoms with van der Waals surface area (Å²) in [6.07, 6.45) is 7.49. The van der Waals surface area contributed by atoms with Crippen LogP contribution in [0.2, 0.25) is 5.02 Å². The lowest BCUT2D eigenvalue weighted by Gasteiger charge is -2.40. The Morgan fingerprint density at radius 3 is 2.87 bits per heavy atom. The maximum atomic E-state index is 14.2. The normalized spacial score (nSPS) is 21.1. The van der Waals surface area contributed by atoms with Gasteiger partial charge in [0, 0.05) is 23.3 Å². The van der Waals surface area contributed by atoms with Crippen molar-refractivity contribution in [2.45, 2.75) is 50.6 Å². The van der Waals surface area contributed by atoms with Crippen LogP contribution < -0.4 is 4.74 Å². The third-order valence-electron chi connectivity index (χ3n) is 5.52. The number of aliphatic hydroxyl groups is 1. The highest BCUT2D eigenvalue weighted by Gasteiger charge is 2.45. The molecule has 1 unspecified atom stereocenters. The maximum absolute atomic E-state index is 14.2. The van der Waals surface area contributed by atoms with Crippen molar-refractivity contribution < 1.29 is 18.6 Å². The summed E-state index contributed by atoms with van der Waals surface area (Å²) < 4.78 is 34.2. The number of fused-ring (bicyclic) bond motifs is 1. The third-order valence-corrected chi connectivity index (χ3v) is 5.74. The highest BCUT2D eigenvalue weighted by atomic mass is 35.5. The van der Waals surface area contributed by atoms with E-state index in [1.54, 1.807) is 35.5 Å². The lowest BCUT2D eigenvalue weighted by atomic mass is 9.74. The Bertz CT molecular complexity index is 839. The number of aryl methyl sites for hydroxylation is 1. The summed E-state index contributed by atoms with van der Waals surface area (Å²) in [5, 5.41) is 11.6. The van der Waals surface area contributed by atoms with E-state index < -0.39 is 17.4 Å². The second kappa shape index (κ2) is 9.48. The average molecular weight is 439 g/mol. The minimum Gasteiger partial charge on any atom is -0.493 e. The van der Waals surface area contributed by atoms with E-state index in [0.717, 1.165) is 29.7 Å². The summed E-state index contributed by atoms with van der Waals surface area (Å²) in [6.45, 7) is 4.97. The zero-order chi connectivity index (χ0) is 21.8. The Balaban J connectivity index is 1.88. The molecule has 7 heteroatoms. The SMILES string of the molecule is CC(C)(CC(O)(CN1/C=C\CN=C/C=C\C1)C(F)F)c1cc(Cl)cc2c1OCCC2. The minimum absolute atomic E-state index is 0.141. The predicted molar refractivity (Wildman–Crippen MR) is 117 cm³/mol. The summed E-state index contributed by atoms with van der Waals surface area (Å²) in [5.41, 5.74) is -1.23. The molecule has 3 rings (SSSR count). The highest BCUT2D eigenvalue weighted by molar-refractivity contribution is 6.30. The van der Waals surface area contributed by atoms with Gasteiger partial charge in [-0.2, -0.15) is 0 Å². The lowest BCUT2D eigenvalue weighted by Crippen LogP contribution is -2.50. The molecule has 30 heavy (non-hydrogen) atoms. The summed E-state index contributed by atoms with van der Waals surface area (Å²) in [4.78, 5) is 5.83. The van der Waals surface area contributed by atoms with Crippen molar-refractivity contribution in [3.63, 3.8) is 0 Å². The van der Waals surface area contributed by atoms with E-state index in [4.69, 9.17) is 16.3 Å². The number of hydrogen-bond acceptors (Lipinski definition) is 4. The van der Waals surface area contributed by atoms with Crippen LogP contribution in [-0.4, -0.2) is 54.5 Å². The van der Waals surface area contributed by atoms with E-state index in [1.807, 2.05) is 26.0 Å². The standard InChI is InChI=1S/C23H29ClF2N2O2/c1-22(2,19-14-18(24)13-17-7-5-12-30-20(17)19)15-23(29,21(25)26)16-28-10-4-3-8-27-9-6-11-28/h3-4,6,8,11,13-14,21,29H,5,7,9-10,12,15-16H2,1-2H3/b4-3-,11-6-,27-8?. The Hall–Kier alpha value is -1.92. The first-order chi connectivity index (χ1) is 14.2. The van der Waals surface area contributed by atoms with E-state index in [1.165, 1.54) is 0 Å². The molecule has 0 amide bonds. The maximum Gasteiger partial charge on any atom is 0.268 e. The van der Waals surface area contributed by atoms with Crippen LogP contribution in [0.1, 0.15) is 37.8 Å². The van der Waals surface area contributed by atoms with Crippen molar-refractivity contribution in [2.75, 3.05) is 26.2 Å². The molecule has 164 valence electrons. The van der Waals surface area contributed by atoms with Gasteiger partial charge in [0.1, 0.15) is 11.4 Å². The number of benzene rings is 1. The molecule has 2 aliphatic heterocycles. The number of nitrogens with zero attached hydrogens (tertiary/aromatic N) is 2. The number of halogens is 3. The third kappa shape index (κ3) is 5.41. The minimum atomic E-state index is -2.91. The molecule has 2 heterocycles. The molecule has 4 nitrogen and oxygen atoms in total. The van der Waals surface area contributed by atoms with Crippen LogP contribution in [-0.2, 0) is 11.8 Å². The second-order valence-electron chi connectivity index (χ2n) is 8.62. The molecule has 2 aliphatic rings. The molecule has 0 saturated carbocycles. The second-order valence-corrected chi connectivity index (χ2v) is 9.05. The van der Waals surface area contributed by atoms with Crippen molar-refractivity contribution in [3.05, 3.63) is 52.7 Å². The topological polar surface area (TPSA) is 45.1 Å². The van der Waals surface area contributed by atoms with Crippen LogP contribution in [0.3, 0.4) is 0 Å². The molecule has 1 atom stereocenters. The molecule has 0 aromatic heterocycles. The number of alkyl halides is 2. The molecule has 0 spiro atoms. The van der Waals surface area contributed by atoms with Gasteiger partial charge in [-0.25, -0.2) is 8.78 Å². The smallest absolute Gasteiger partial charge is 0.268 e. The zero-order valence-electron chi connectivity index (χ0n) is 17.5. The first-order valence-corrected chi connectivity index (χ1v) is 10.6. The molecule has 0 aliphatic carbocycles. The molecule has 1 aromatic carbocycles. The number of allylic oxidation sites excluding steroid dienone is 1. The number of rotatable bonds is 6. The summed E-state index contributed by atoms with van der Waals surface area (Å²) in [5.74, 6) is 0.718. The van der Waals surface area contributed by atoms with E-state index in [2.05, 4.69) is 4.99 Å². The summed E-state index contributed by atoms with van der Waals surface area (Å²) in [6, 6.07) is 3.65. The van der Waals surface area contributed by atoms with Crippen LogP contribution in [0.25, 0.3) is 0 Å². The molecular weight excluding hydrogens is 410 g/mol. The van der Waals surface area contributed by atoms with Crippen LogP contribution in [0.4, 0.5) is 8.78 Å². The Morgan fingerprint density at radius 1 is 1.30 bits per heavy atom. The van der Waals surface area contributed by atoms with E-state index in [0.29, 0.717) is 24.7 Å². The van der Waals surface area contributed by atoms with Gasteiger partial charge in [-0.1, -0.05) is 31.5 Å². The van der Waals surface area contributed by atoms with Crippen molar-refractivity contribution in [1.82, 2.24) is 4.90 Å². The zero-order valence-corrected chi connectivity index (χ0v) is 18.2. The van der Waals surface area contributed by atoms with E-state index in [-0.39, 0.29) is 13.0 Å². The number of hydrogen-bond donors (Lipinski definition) is 1. The van der Waals surface area contributed by atoms with Crippen LogP contribution in [0.15, 0.2) is 41.6 Å². The highest BCUT2D eigenvalue weighted by Crippen LogP contribution is 2.44. The van der Waals surface area contributed by atoms with Crippen molar-refractivity contribution in [1.29, 1.82) is 0 Å². The van der Waals surface area contributed by atoms with Crippen molar-refractivity contribution in [3.8, 4) is 5.75 Å². The molecule has 1 aromatic rings. The number of β-amino-alcohol motifs (C(OH)–C–C–N with tert-alkyl or cyclic N) is 1. The molecule has 0 radical (unpaired) electrons. The number of aliphatic imine (C=N–C) groups is 1. The fourth-order valence-corrected chi connectivity index (χ4v) is 4.41. The molecule has 1 N–H and O–H groups in total. The van der Waals surface area contributed by atoms with Crippen molar-refractivity contribution in [2.24, 2.45) is 4.99 Å². The Morgan fingerprint density at radius 2 is 2.10 bits per heavy atom. The number of ether oxygens (including phenoxy) is 1. The largest absolute Gasteiger partial charge is 0.493 e. The predicted octanol–water partition coefficient (Wildman–Crippen LogP) is 4.79. The Kier molecular flexibility index (Phi) is 7.19. The van der Waals surface area contributed by atoms with Gasteiger partial charge in [0.05, 0.1) is 19.7 Å². The van der Waals surface area contributed by atoms with E-state index in [9.17, 15) is 13.9 Å². The van der Waals surface area contributed by atoms with Gasteiger partial charge in [0.25, 0.3) is 6.43 Å². The van der Waals surface area contributed by atoms with Crippen LogP contribution >= 0.6 is 11.6 Å². The van der Waals surface area contributed by atoms with Gasteiger partial charge in [0.15, 0.2) is 0 Å². The van der Waals surface area contributed by atoms with Crippen LogP contribution in [0, 0.1) is 0 Å². The summed E-state index contributed by atoms with van der Waals surface area (Å²) in [7, 11) is 0. The monoisotopic (exact) mass is 438 g/mol. The molecular formula is C23H29ClF2N2O2. The van der Waals surface area contributed by atoms with Gasteiger partial charge in [-0.15, -0.1) is 0 Å². The van der Waals surface area contributed by atoms with Gasteiger partial charge in [0.2, 0.25) is 0 Å². The van der Waals surface area contributed by atoms with E-state index >= 15 is 0 Å². The molecule has 0 bridgehead atoms. The van der Waals surface area contributed by atoms with Crippen molar-refractivity contribution >= 4 is 17.8 Å². The average Bonchev–Trinajstić information content (AvgIpc) is 2.80. The van der Waals surface area contributed by atoms with Gasteiger partial charge >= 0.3 is 0 Å². The fourth-order valence-electron chi connectivity index (χ4n) is 4.17.